The lowest BCUT2D eigenvalue weighted by Crippen LogP contribution is -2.43. The largest absolute Gasteiger partial charge is 0.491 e. The Morgan fingerprint density at radius 3 is 2.19 bits per heavy atom. The van der Waals surface area contributed by atoms with Gasteiger partial charge in [-0.3, -0.25) is 9.69 Å². The third-order valence-electron chi connectivity index (χ3n) is 6.04. The number of Topliss-reactive ketones (excluding diaryl/α,β-unsaturated/α-hetero) is 1. The van der Waals surface area contributed by atoms with Gasteiger partial charge in [-0.2, -0.15) is 0 Å². The number of carbonyl (C=O) groups excluding carboxylic acids is 1. The molecule has 0 spiro atoms. The number of rotatable bonds is 7. The summed E-state index contributed by atoms with van der Waals surface area (Å²) in [6, 6.07) is 27.1. The molecular weight excluding hydrogens is 462 g/mol. The molecule has 1 fully saturated rings. The highest BCUT2D eigenvalue weighted by Gasteiger charge is 2.35. The molecule has 0 saturated carbocycles. The van der Waals surface area contributed by atoms with Crippen molar-refractivity contribution >= 4 is 21.7 Å². The fraction of sp³-hybridized carbons (Fsp3) is 0.321. The van der Waals surface area contributed by atoms with E-state index in [0.29, 0.717) is 12.2 Å². The van der Waals surface area contributed by atoms with Crippen LogP contribution in [0.25, 0.3) is 0 Å². The lowest BCUT2D eigenvalue weighted by atomic mass is 9.76. The number of carbonyl (C=O) groups is 1. The molecule has 0 bridgehead atoms. The average Bonchev–Trinajstić information content (AvgIpc) is 2.79. The van der Waals surface area contributed by atoms with E-state index in [1.54, 1.807) is 0 Å². The molecule has 0 radical (unpaired) electrons. The molecule has 3 aromatic rings. The van der Waals surface area contributed by atoms with Gasteiger partial charge in [0, 0.05) is 47.9 Å². The summed E-state index contributed by atoms with van der Waals surface area (Å²) in [4.78, 5) is 15.6. The summed E-state index contributed by atoms with van der Waals surface area (Å²) in [5.74, 6) is 1.25. The zero-order valence-electron chi connectivity index (χ0n) is 18.7. The van der Waals surface area contributed by atoms with Crippen molar-refractivity contribution in [3.63, 3.8) is 0 Å². The van der Waals surface area contributed by atoms with Crippen molar-refractivity contribution in [3.05, 3.63) is 100 Å². The van der Waals surface area contributed by atoms with Crippen LogP contribution >= 0.6 is 15.9 Å². The first kappa shape index (κ1) is 22.8. The number of hydrogen-bond donors (Lipinski definition) is 0. The van der Waals surface area contributed by atoms with Crippen LogP contribution in [0.3, 0.4) is 0 Å². The number of likely N-dealkylation sites (tertiary alicyclic amines) is 1. The molecule has 32 heavy (non-hydrogen) atoms. The van der Waals surface area contributed by atoms with Crippen molar-refractivity contribution in [2.24, 2.45) is 5.92 Å². The maximum absolute atomic E-state index is 13.2. The molecule has 3 nitrogen and oxygen atoms in total. The van der Waals surface area contributed by atoms with Gasteiger partial charge >= 0.3 is 0 Å². The van der Waals surface area contributed by atoms with Gasteiger partial charge in [-0.15, -0.1) is 0 Å². The minimum absolute atomic E-state index is 0.0570. The molecule has 0 amide bonds. The number of benzene rings is 3. The molecule has 1 aliphatic rings. The predicted molar refractivity (Wildman–Crippen MR) is 133 cm³/mol. The van der Waals surface area contributed by atoms with Crippen LogP contribution in [0, 0.1) is 5.92 Å². The van der Waals surface area contributed by atoms with E-state index in [1.807, 2.05) is 38.1 Å². The van der Waals surface area contributed by atoms with E-state index in [4.69, 9.17) is 4.74 Å². The van der Waals surface area contributed by atoms with Crippen LogP contribution in [0.5, 0.6) is 5.75 Å². The highest BCUT2D eigenvalue weighted by Crippen LogP contribution is 2.36. The van der Waals surface area contributed by atoms with E-state index in [9.17, 15) is 4.79 Å². The number of ketones is 1. The average molecular weight is 492 g/mol. The highest BCUT2D eigenvalue weighted by atomic mass is 79.9. The molecule has 4 rings (SSSR count). The van der Waals surface area contributed by atoms with E-state index in [-0.39, 0.29) is 17.9 Å². The first-order valence-electron chi connectivity index (χ1n) is 11.3. The summed E-state index contributed by atoms with van der Waals surface area (Å²) in [5, 5.41) is 0. The molecule has 4 heteroatoms. The molecule has 0 N–H and O–H groups in total. The Balaban J connectivity index is 1.62. The Morgan fingerprint density at radius 2 is 1.59 bits per heavy atom. The number of piperidine rings is 1. The highest BCUT2D eigenvalue weighted by molar-refractivity contribution is 9.10. The van der Waals surface area contributed by atoms with Gasteiger partial charge in [0.15, 0.2) is 0 Å². The van der Waals surface area contributed by atoms with Crippen LogP contribution in [0.4, 0.5) is 0 Å². The van der Waals surface area contributed by atoms with E-state index in [1.165, 1.54) is 11.1 Å². The van der Waals surface area contributed by atoms with E-state index in [2.05, 4.69) is 75.4 Å². The second-order valence-electron chi connectivity index (χ2n) is 8.78. The Bertz CT molecular complexity index is 996. The Hall–Kier alpha value is -2.43. The second-order valence-corrected chi connectivity index (χ2v) is 9.69. The van der Waals surface area contributed by atoms with Crippen LogP contribution in [0.2, 0.25) is 0 Å². The van der Waals surface area contributed by atoms with Crippen molar-refractivity contribution in [1.29, 1.82) is 0 Å². The Morgan fingerprint density at radius 1 is 0.969 bits per heavy atom. The van der Waals surface area contributed by atoms with Gasteiger partial charge in [-0.1, -0.05) is 76.6 Å². The van der Waals surface area contributed by atoms with Crippen LogP contribution in [0.15, 0.2) is 83.3 Å². The van der Waals surface area contributed by atoms with Crippen LogP contribution in [-0.2, 0) is 11.3 Å². The normalized spacial score (nSPS) is 17.2. The zero-order chi connectivity index (χ0) is 22.5. The lowest BCUT2D eigenvalue weighted by molar-refractivity contribution is -0.126. The van der Waals surface area contributed by atoms with Gasteiger partial charge in [-0.25, -0.2) is 0 Å². The summed E-state index contributed by atoms with van der Waals surface area (Å²) < 4.78 is 7.10. The first-order chi connectivity index (χ1) is 15.5. The Labute approximate surface area is 199 Å². The molecular formula is C28H30BrNO2. The number of ether oxygens (including phenoxy) is 1. The van der Waals surface area contributed by atoms with Crippen LogP contribution < -0.4 is 4.74 Å². The van der Waals surface area contributed by atoms with Crippen LogP contribution in [-0.4, -0.2) is 29.9 Å². The Kier molecular flexibility index (Phi) is 7.44. The van der Waals surface area contributed by atoms with Crippen molar-refractivity contribution < 1.29 is 9.53 Å². The fourth-order valence-electron chi connectivity index (χ4n) is 4.62. The maximum atomic E-state index is 13.2. The van der Waals surface area contributed by atoms with E-state index < -0.39 is 0 Å². The van der Waals surface area contributed by atoms with Gasteiger partial charge in [0.2, 0.25) is 0 Å². The monoisotopic (exact) mass is 491 g/mol. The summed E-state index contributed by atoms with van der Waals surface area (Å²) in [6.45, 7) is 6.37. The lowest BCUT2D eigenvalue weighted by Gasteiger charge is -2.36. The number of nitrogens with zero attached hydrogens (tertiary/aromatic N) is 1. The summed E-state index contributed by atoms with van der Waals surface area (Å²) in [7, 11) is 0. The van der Waals surface area contributed by atoms with Crippen LogP contribution in [0.1, 0.15) is 42.9 Å². The molecule has 166 valence electrons. The standard InChI is InChI=1S/C28H30BrNO2/c1-20(2)32-27-14-13-24(29)17-23(27)18-30-16-15-26(31)25(19-30)28(21-9-5-3-6-10-21)22-11-7-4-8-12-22/h3-14,17,20,25,28H,15-16,18-19H2,1-2H3. The molecule has 0 aromatic heterocycles. The molecule has 1 atom stereocenters. The van der Waals surface area contributed by atoms with E-state index >= 15 is 0 Å². The molecule has 3 aromatic carbocycles. The summed E-state index contributed by atoms with van der Waals surface area (Å²) in [6.07, 6.45) is 0.695. The van der Waals surface area contributed by atoms with Gasteiger partial charge in [0.05, 0.1) is 6.10 Å². The molecule has 1 aliphatic heterocycles. The first-order valence-corrected chi connectivity index (χ1v) is 12.1. The summed E-state index contributed by atoms with van der Waals surface area (Å²) in [5.41, 5.74) is 3.55. The van der Waals surface area contributed by atoms with Gasteiger partial charge in [-0.05, 0) is 43.2 Å². The molecule has 1 saturated heterocycles. The van der Waals surface area contributed by atoms with Gasteiger partial charge in [0.25, 0.3) is 0 Å². The van der Waals surface area contributed by atoms with Gasteiger partial charge < -0.3 is 4.74 Å². The topological polar surface area (TPSA) is 29.5 Å². The number of hydrogen-bond acceptors (Lipinski definition) is 3. The zero-order valence-corrected chi connectivity index (χ0v) is 20.3. The maximum Gasteiger partial charge on any atom is 0.139 e. The fourth-order valence-corrected chi connectivity index (χ4v) is 5.03. The smallest absolute Gasteiger partial charge is 0.139 e. The van der Waals surface area contributed by atoms with Gasteiger partial charge in [0.1, 0.15) is 11.5 Å². The minimum atomic E-state index is -0.0739. The molecule has 1 unspecified atom stereocenters. The van der Waals surface area contributed by atoms with Crippen molar-refractivity contribution in [1.82, 2.24) is 4.90 Å². The predicted octanol–water partition coefficient (Wildman–Crippen LogP) is 6.46. The number of halogens is 1. The minimum Gasteiger partial charge on any atom is -0.491 e. The third kappa shape index (κ3) is 5.48. The quantitative estimate of drug-likeness (QED) is 0.379. The SMILES string of the molecule is CC(C)Oc1ccc(Br)cc1CN1CCC(=O)C(C(c2ccccc2)c2ccccc2)C1. The van der Waals surface area contributed by atoms with Crippen molar-refractivity contribution in [3.8, 4) is 5.75 Å². The summed E-state index contributed by atoms with van der Waals surface area (Å²) >= 11 is 3.60. The second kappa shape index (κ2) is 10.5. The third-order valence-corrected chi connectivity index (χ3v) is 6.54. The van der Waals surface area contributed by atoms with E-state index in [0.717, 1.165) is 35.4 Å². The molecule has 1 heterocycles. The van der Waals surface area contributed by atoms with Crippen molar-refractivity contribution in [2.75, 3.05) is 13.1 Å². The molecule has 0 aliphatic carbocycles. The van der Waals surface area contributed by atoms with Crippen molar-refractivity contribution in [2.45, 2.75) is 38.8 Å².